The summed E-state index contributed by atoms with van der Waals surface area (Å²) in [6, 6.07) is 16.4. The molecule has 102 valence electrons. The summed E-state index contributed by atoms with van der Waals surface area (Å²) in [7, 11) is -1.67. The van der Waals surface area contributed by atoms with Gasteiger partial charge in [0.25, 0.3) is 0 Å². The molecule has 3 nitrogen and oxygen atoms in total. The predicted molar refractivity (Wildman–Crippen MR) is 83.3 cm³/mol. The van der Waals surface area contributed by atoms with Gasteiger partial charge >= 0.3 is 0 Å². The van der Waals surface area contributed by atoms with E-state index in [1.54, 1.807) is 31.3 Å². The van der Waals surface area contributed by atoms with E-state index in [4.69, 9.17) is 0 Å². The average molecular weight is 303 g/mol. The van der Waals surface area contributed by atoms with E-state index in [0.29, 0.717) is 9.10 Å². The van der Waals surface area contributed by atoms with E-state index < -0.39 is 9.84 Å². The van der Waals surface area contributed by atoms with Crippen molar-refractivity contribution in [3.8, 4) is 0 Å². The molecular formula is C15H13NO2S2. The molecule has 5 heteroatoms. The number of rotatable bonds is 3. The number of sulfone groups is 1. The minimum absolute atomic E-state index is 0.334. The maximum absolute atomic E-state index is 12.6. The Morgan fingerprint density at radius 3 is 2.40 bits per heavy atom. The second kappa shape index (κ2) is 4.92. The average Bonchev–Trinajstić information content (AvgIpc) is 2.96. The lowest BCUT2D eigenvalue weighted by molar-refractivity contribution is 0.598. The largest absolute Gasteiger partial charge is 0.380 e. The van der Waals surface area contributed by atoms with E-state index in [0.717, 1.165) is 15.8 Å². The number of benzene rings is 2. The molecule has 1 aromatic heterocycles. The lowest BCUT2D eigenvalue weighted by Gasteiger charge is -2.04. The first kappa shape index (κ1) is 13.1. The van der Waals surface area contributed by atoms with Crippen LogP contribution in [0.1, 0.15) is 0 Å². The maximum Gasteiger partial charge on any atom is 0.216 e. The quantitative estimate of drug-likeness (QED) is 0.801. The topological polar surface area (TPSA) is 46.2 Å². The number of nitrogens with one attached hydrogen (secondary N) is 1. The van der Waals surface area contributed by atoms with E-state index in [1.165, 1.54) is 11.3 Å². The van der Waals surface area contributed by atoms with E-state index in [1.807, 2.05) is 30.3 Å². The lowest BCUT2D eigenvalue weighted by Crippen LogP contribution is -1.99. The molecule has 0 amide bonds. The Bertz CT molecular complexity index is 866. The van der Waals surface area contributed by atoms with Gasteiger partial charge in [-0.15, -0.1) is 11.3 Å². The van der Waals surface area contributed by atoms with Crippen LogP contribution < -0.4 is 5.32 Å². The van der Waals surface area contributed by atoms with Crippen molar-refractivity contribution in [3.63, 3.8) is 0 Å². The standard InChI is InChI=1S/C15H13NO2S2/c1-16-14-8-9-15(19-14)20(17,18)13-7-6-11-4-2-3-5-12(11)10-13/h2-10,16H,1H3. The normalized spacial score (nSPS) is 11.7. The Balaban J connectivity index is 2.13. The van der Waals surface area contributed by atoms with Gasteiger partial charge in [-0.05, 0) is 35.0 Å². The summed E-state index contributed by atoms with van der Waals surface area (Å²) >= 11 is 1.24. The van der Waals surface area contributed by atoms with Gasteiger partial charge in [0.15, 0.2) is 0 Å². The van der Waals surface area contributed by atoms with Crippen molar-refractivity contribution in [2.24, 2.45) is 0 Å². The summed E-state index contributed by atoms with van der Waals surface area (Å²) < 4.78 is 25.5. The van der Waals surface area contributed by atoms with Crippen molar-refractivity contribution in [2.75, 3.05) is 12.4 Å². The third kappa shape index (κ3) is 2.19. The highest BCUT2D eigenvalue weighted by molar-refractivity contribution is 7.93. The van der Waals surface area contributed by atoms with E-state index >= 15 is 0 Å². The Kier molecular flexibility index (Phi) is 3.23. The molecule has 0 aliphatic rings. The van der Waals surface area contributed by atoms with Crippen LogP contribution in [-0.4, -0.2) is 15.5 Å². The SMILES string of the molecule is CNc1ccc(S(=O)(=O)c2ccc3ccccc3c2)s1. The smallest absolute Gasteiger partial charge is 0.216 e. The van der Waals surface area contributed by atoms with Crippen molar-refractivity contribution in [1.82, 2.24) is 0 Å². The van der Waals surface area contributed by atoms with E-state index in [2.05, 4.69) is 5.32 Å². The summed E-state index contributed by atoms with van der Waals surface area (Å²) in [4.78, 5) is 0.334. The zero-order valence-electron chi connectivity index (χ0n) is 10.8. The van der Waals surface area contributed by atoms with Gasteiger partial charge in [-0.2, -0.15) is 0 Å². The minimum Gasteiger partial charge on any atom is -0.380 e. The van der Waals surface area contributed by atoms with E-state index in [-0.39, 0.29) is 0 Å². The van der Waals surface area contributed by atoms with Gasteiger partial charge in [0, 0.05) is 7.05 Å². The van der Waals surface area contributed by atoms with Crippen LogP contribution in [0.5, 0.6) is 0 Å². The van der Waals surface area contributed by atoms with Crippen LogP contribution in [0.3, 0.4) is 0 Å². The van der Waals surface area contributed by atoms with Crippen molar-refractivity contribution >= 4 is 36.9 Å². The van der Waals surface area contributed by atoms with Gasteiger partial charge in [-0.25, -0.2) is 8.42 Å². The molecule has 20 heavy (non-hydrogen) atoms. The highest BCUT2D eigenvalue weighted by Crippen LogP contribution is 2.31. The molecule has 0 aliphatic heterocycles. The first-order valence-electron chi connectivity index (χ1n) is 6.13. The minimum atomic E-state index is -3.44. The van der Waals surface area contributed by atoms with Crippen LogP contribution in [0.4, 0.5) is 5.00 Å². The highest BCUT2D eigenvalue weighted by Gasteiger charge is 2.20. The monoisotopic (exact) mass is 303 g/mol. The van der Waals surface area contributed by atoms with Crippen molar-refractivity contribution in [3.05, 3.63) is 54.6 Å². The number of thiophene rings is 1. The zero-order chi connectivity index (χ0) is 14.2. The first-order chi connectivity index (χ1) is 9.61. The summed E-state index contributed by atoms with van der Waals surface area (Å²) in [6.07, 6.45) is 0. The van der Waals surface area contributed by atoms with E-state index in [9.17, 15) is 8.42 Å². The molecule has 0 saturated heterocycles. The molecule has 0 unspecified atom stereocenters. The first-order valence-corrected chi connectivity index (χ1v) is 8.43. The number of hydrogen-bond acceptors (Lipinski definition) is 4. The molecule has 0 saturated carbocycles. The molecule has 3 rings (SSSR count). The molecule has 0 radical (unpaired) electrons. The van der Waals surface area contributed by atoms with Gasteiger partial charge in [-0.1, -0.05) is 30.3 Å². The second-order valence-corrected chi connectivity index (χ2v) is 7.64. The molecule has 0 aliphatic carbocycles. The molecule has 0 spiro atoms. The Hall–Kier alpha value is -1.85. The second-order valence-electron chi connectivity index (χ2n) is 4.38. The molecule has 2 aromatic carbocycles. The van der Waals surface area contributed by atoms with Crippen LogP contribution >= 0.6 is 11.3 Å². The fourth-order valence-corrected chi connectivity index (χ4v) is 4.65. The fourth-order valence-electron chi connectivity index (χ4n) is 2.05. The Labute approximate surface area is 121 Å². The lowest BCUT2D eigenvalue weighted by atomic mass is 10.1. The Morgan fingerprint density at radius 2 is 1.70 bits per heavy atom. The van der Waals surface area contributed by atoms with Crippen LogP contribution in [0, 0.1) is 0 Å². The maximum atomic E-state index is 12.6. The van der Waals surface area contributed by atoms with Crippen molar-refractivity contribution in [1.29, 1.82) is 0 Å². The van der Waals surface area contributed by atoms with Crippen LogP contribution in [0.2, 0.25) is 0 Å². The molecular weight excluding hydrogens is 290 g/mol. The predicted octanol–water partition coefficient (Wildman–Crippen LogP) is 3.78. The van der Waals surface area contributed by atoms with Crippen LogP contribution in [0.25, 0.3) is 10.8 Å². The molecule has 0 fully saturated rings. The summed E-state index contributed by atoms with van der Waals surface area (Å²) in [5.74, 6) is 0. The van der Waals surface area contributed by atoms with Gasteiger partial charge < -0.3 is 5.32 Å². The Morgan fingerprint density at radius 1 is 0.950 bits per heavy atom. The molecule has 0 bridgehead atoms. The van der Waals surface area contributed by atoms with Crippen molar-refractivity contribution < 1.29 is 8.42 Å². The molecule has 0 atom stereocenters. The van der Waals surface area contributed by atoms with Gasteiger partial charge in [0.1, 0.15) is 4.21 Å². The number of hydrogen-bond donors (Lipinski definition) is 1. The van der Waals surface area contributed by atoms with Gasteiger partial charge in [0.05, 0.1) is 9.90 Å². The van der Waals surface area contributed by atoms with Crippen LogP contribution in [-0.2, 0) is 9.84 Å². The van der Waals surface area contributed by atoms with Crippen molar-refractivity contribution in [2.45, 2.75) is 9.10 Å². The summed E-state index contributed by atoms with van der Waals surface area (Å²) in [5.41, 5.74) is 0. The summed E-state index contributed by atoms with van der Waals surface area (Å²) in [5, 5.41) is 5.76. The number of anilines is 1. The highest BCUT2D eigenvalue weighted by atomic mass is 32.2. The van der Waals surface area contributed by atoms with Gasteiger partial charge in [-0.3, -0.25) is 0 Å². The molecule has 3 aromatic rings. The van der Waals surface area contributed by atoms with Gasteiger partial charge in [0.2, 0.25) is 9.84 Å². The third-order valence-electron chi connectivity index (χ3n) is 3.12. The van der Waals surface area contributed by atoms with Crippen LogP contribution in [0.15, 0.2) is 63.7 Å². The number of fused-ring (bicyclic) bond motifs is 1. The fraction of sp³-hybridized carbons (Fsp3) is 0.0667. The third-order valence-corrected chi connectivity index (χ3v) is 6.47. The molecule has 1 N–H and O–H groups in total. The summed E-state index contributed by atoms with van der Waals surface area (Å²) in [6.45, 7) is 0. The zero-order valence-corrected chi connectivity index (χ0v) is 12.5. The molecule has 1 heterocycles.